The fourth-order valence-corrected chi connectivity index (χ4v) is 2.82. The van der Waals surface area contributed by atoms with Crippen LogP contribution < -0.4 is 10.6 Å². The van der Waals surface area contributed by atoms with Gasteiger partial charge in [-0.25, -0.2) is 15.0 Å². The van der Waals surface area contributed by atoms with Gasteiger partial charge in [0.1, 0.15) is 12.1 Å². The zero-order valence-electron chi connectivity index (χ0n) is 17.9. The van der Waals surface area contributed by atoms with Crippen molar-refractivity contribution in [2.45, 2.75) is 20.0 Å². The van der Waals surface area contributed by atoms with Crippen molar-refractivity contribution in [3.8, 4) is 5.82 Å². The van der Waals surface area contributed by atoms with Gasteiger partial charge in [0.2, 0.25) is 0 Å². The molecule has 1 amide bonds. The number of carbonyl (C=O) groups is 1. The van der Waals surface area contributed by atoms with Gasteiger partial charge in [-0.1, -0.05) is 12.1 Å². The number of nitrogens with one attached hydrogen (secondary N) is 2. The summed E-state index contributed by atoms with van der Waals surface area (Å²) in [5.41, 5.74) is 2.80. The Morgan fingerprint density at radius 1 is 1.10 bits per heavy atom. The summed E-state index contributed by atoms with van der Waals surface area (Å²) in [5, 5.41) is 6.59. The minimum Gasteiger partial charge on any atom is -0.357 e. The maximum Gasteiger partial charge on any atom is 0.253 e. The Balaban J connectivity index is 0.00000341. The van der Waals surface area contributed by atoms with E-state index in [1.54, 1.807) is 37.7 Å². The number of hydrogen-bond donors (Lipinski definition) is 2. The molecule has 3 aromatic rings. The maximum absolute atomic E-state index is 12.0. The topological polar surface area (TPSA) is 87.4 Å². The van der Waals surface area contributed by atoms with Crippen LogP contribution in [-0.4, -0.2) is 51.9 Å². The maximum atomic E-state index is 12.0. The summed E-state index contributed by atoms with van der Waals surface area (Å²) in [6.45, 7) is 3.93. The Morgan fingerprint density at radius 3 is 2.52 bits per heavy atom. The Labute approximate surface area is 199 Å². The summed E-state index contributed by atoms with van der Waals surface area (Å²) in [7, 11) is 3.50. The third-order valence-electron chi connectivity index (χ3n) is 4.41. The van der Waals surface area contributed by atoms with Gasteiger partial charge in [-0.3, -0.25) is 9.36 Å². The molecular weight excluding hydrogens is 505 g/mol. The van der Waals surface area contributed by atoms with E-state index in [1.807, 2.05) is 54.1 Å². The smallest absolute Gasteiger partial charge is 0.253 e. The molecule has 0 unspecified atom stereocenters. The fourth-order valence-electron chi connectivity index (χ4n) is 2.82. The fraction of sp³-hybridized carbons (Fsp3) is 0.273. The monoisotopic (exact) mass is 533 g/mol. The molecule has 0 aliphatic rings. The highest BCUT2D eigenvalue weighted by Gasteiger charge is 2.07. The summed E-state index contributed by atoms with van der Waals surface area (Å²) in [4.78, 5) is 26.7. The van der Waals surface area contributed by atoms with E-state index in [1.165, 1.54) is 0 Å². The summed E-state index contributed by atoms with van der Waals surface area (Å²) in [5.74, 6) is 1.54. The number of hydrogen-bond acceptors (Lipinski definition) is 4. The number of guanidine groups is 1. The summed E-state index contributed by atoms with van der Waals surface area (Å²) in [6, 6.07) is 11.5. The molecule has 2 heterocycles. The van der Waals surface area contributed by atoms with Crippen LogP contribution in [0.5, 0.6) is 0 Å². The second kappa shape index (κ2) is 12.0. The van der Waals surface area contributed by atoms with Crippen LogP contribution >= 0.6 is 24.0 Å². The largest absolute Gasteiger partial charge is 0.357 e. The molecule has 0 bridgehead atoms. The first-order chi connectivity index (χ1) is 14.6. The Hall–Kier alpha value is -2.95. The third kappa shape index (κ3) is 7.06. The lowest BCUT2D eigenvalue weighted by atomic mass is 10.1. The van der Waals surface area contributed by atoms with Crippen LogP contribution in [-0.2, 0) is 13.1 Å². The zero-order chi connectivity index (χ0) is 21.3. The van der Waals surface area contributed by atoms with E-state index in [0.29, 0.717) is 18.7 Å². The van der Waals surface area contributed by atoms with Gasteiger partial charge >= 0.3 is 0 Å². The number of aliphatic imine (C=N–C) groups is 1. The highest BCUT2D eigenvalue weighted by Crippen LogP contribution is 2.09. The van der Waals surface area contributed by atoms with Gasteiger partial charge < -0.3 is 15.5 Å². The van der Waals surface area contributed by atoms with Gasteiger partial charge in [-0.2, -0.15) is 0 Å². The average Bonchev–Trinajstić information content (AvgIpc) is 3.31. The van der Waals surface area contributed by atoms with Crippen LogP contribution in [0, 0.1) is 0 Å². The van der Waals surface area contributed by atoms with Crippen molar-refractivity contribution in [2.24, 2.45) is 4.99 Å². The first-order valence-corrected chi connectivity index (χ1v) is 9.83. The van der Waals surface area contributed by atoms with E-state index < -0.39 is 0 Å². The van der Waals surface area contributed by atoms with Crippen molar-refractivity contribution in [3.05, 3.63) is 78.0 Å². The van der Waals surface area contributed by atoms with Crippen LogP contribution in [0.3, 0.4) is 0 Å². The second-order valence-electron chi connectivity index (χ2n) is 6.94. The second-order valence-corrected chi connectivity index (χ2v) is 6.94. The molecule has 164 valence electrons. The number of amides is 1. The number of carbonyl (C=O) groups excluding carboxylic acids is 1. The van der Waals surface area contributed by atoms with Crippen LogP contribution in [0.15, 0.2) is 66.3 Å². The lowest BCUT2D eigenvalue weighted by molar-refractivity contribution is 0.0827. The van der Waals surface area contributed by atoms with E-state index in [-0.39, 0.29) is 29.9 Å². The van der Waals surface area contributed by atoms with Crippen LogP contribution in [0.1, 0.15) is 28.4 Å². The summed E-state index contributed by atoms with van der Waals surface area (Å²) < 4.78 is 1.86. The molecule has 9 heteroatoms. The van der Waals surface area contributed by atoms with Gasteiger partial charge in [0.05, 0.1) is 6.54 Å². The Bertz CT molecular complexity index is 985. The molecule has 0 spiro atoms. The van der Waals surface area contributed by atoms with E-state index in [2.05, 4.69) is 25.6 Å². The molecule has 3 rings (SSSR count). The normalized spacial score (nSPS) is 10.9. The molecule has 1 aromatic carbocycles. The molecule has 0 saturated heterocycles. The van der Waals surface area contributed by atoms with Crippen molar-refractivity contribution in [1.29, 1.82) is 0 Å². The Morgan fingerprint density at radius 2 is 1.87 bits per heavy atom. The average molecular weight is 533 g/mol. The van der Waals surface area contributed by atoms with E-state index in [4.69, 9.17) is 0 Å². The lowest BCUT2D eigenvalue weighted by Gasteiger charge is -2.13. The number of imidazole rings is 1. The standard InChI is InChI=1S/C22H27N7O.HI/c1-4-24-22(26-14-17-5-7-19(8-6-17)21(30)28(2)3)27-15-18-9-10-25-20(13-18)29-12-11-23-16-29;/h5-13,16H,4,14-15H2,1-3H3,(H2,24,26,27);1H. The van der Waals surface area contributed by atoms with Gasteiger partial charge in [-0.05, 0) is 42.3 Å². The van der Waals surface area contributed by atoms with Gasteiger partial charge in [0.25, 0.3) is 5.91 Å². The van der Waals surface area contributed by atoms with Crippen LogP contribution in [0.4, 0.5) is 0 Å². The van der Waals surface area contributed by atoms with Gasteiger partial charge in [0.15, 0.2) is 5.96 Å². The summed E-state index contributed by atoms with van der Waals surface area (Å²) >= 11 is 0. The van der Waals surface area contributed by atoms with E-state index >= 15 is 0 Å². The third-order valence-corrected chi connectivity index (χ3v) is 4.41. The molecule has 2 N–H and O–H groups in total. The molecule has 0 atom stereocenters. The highest BCUT2D eigenvalue weighted by molar-refractivity contribution is 14.0. The molecule has 8 nitrogen and oxygen atoms in total. The van der Waals surface area contributed by atoms with Crippen LogP contribution in [0.2, 0.25) is 0 Å². The van der Waals surface area contributed by atoms with E-state index in [0.717, 1.165) is 29.4 Å². The van der Waals surface area contributed by atoms with Crippen molar-refractivity contribution >= 4 is 35.8 Å². The SMILES string of the molecule is CCNC(=NCc1ccnc(-n2ccnc2)c1)NCc1ccc(C(=O)N(C)C)cc1.I. The van der Waals surface area contributed by atoms with Gasteiger partial charge in [0, 0.05) is 51.3 Å². The molecule has 0 radical (unpaired) electrons. The van der Waals surface area contributed by atoms with Crippen LogP contribution in [0.25, 0.3) is 5.82 Å². The summed E-state index contributed by atoms with van der Waals surface area (Å²) in [6.07, 6.45) is 7.08. The quantitative estimate of drug-likeness (QED) is 0.277. The van der Waals surface area contributed by atoms with Gasteiger partial charge in [-0.15, -0.1) is 24.0 Å². The molecule has 2 aromatic heterocycles. The first-order valence-electron chi connectivity index (χ1n) is 9.83. The molecule has 0 aliphatic carbocycles. The predicted molar refractivity (Wildman–Crippen MR) is 133 cm³/mol. The van der Waals surface area contributed by atoms with Crippen molar-refractivity contribution < 1.29 is 4.79 Å². The molecule has 0 aliphatic heterocycles. The van der Waals surface area contributed by atoms with Crippen molar-refractivity contribution in [1.82, 2.24) is 30.1 Å². The minimum atomic E-state index is -0.00294. The lowest BCUT2D eigenvalue weighted by Crippen LogP contribution is -2.36. The number of halogens is 1. The number of pyridine rings is 1. The first kappa shape index (κ1) is 24.3. The number of rotatable bonds is 7. The van der Waals surface area contributed by atoms with Crippen molar-refractivity contribution in [2.75, 3.05) is 20.6 Å². The number of aromatic nitrogens is 3. The molecule has 31 heavy (non-hydrogen) atoms. The number of benzene rings is 1. The van der Waals surface area contributed by atoms with E-state index in [9.17, 15) is 4.79 Å². The highest BCUT2D eigenvalue weighted by atomic mass is 127. The van der Waals surface area contributed by atoms with Crippen molar-refractivity contribution in [3.63, 3.8) is 0 Å². The number of nitrogens with zero attached hydrogens (tertiary/aromatic N) is 5. The molecule has 0 saturated carbocycles. The Kier molecular flexibility index (Phi) is 9.44. The zero-order valence-corrected chi connectivity index (χ0v) is 20.3. The minimum absolute atomic E-state index is 0. The molecule has 0 fully saturated rings. The predicted octanol–water partition coefficient (Wildman–Crippen LogP) is 2.84. The molecular formula is C22H28IN7O.